The Morgan fingerprint density at radius 1 is 0.971 bits per heavy atom. The van der Waals surface area contributed by atoms with Crippen LogP contribution in [0.3, 0.4) is 0 Å². The molecule has 0 spiro atoms. The second-order valence-electron chi connectivity index (χ2n) is 8.75. The second kappa shape index (κ2) is 9.18. The molecule has 0 saturated carbocycles. The average Bonchev–Trinajstić information content (AvgIpc) is 3.36. The number of carbonyl (C=O) groups is 2. The molecule has 5 nitrogen and oxygen atoms in total. The maximum atomic E-state index is 13.2. The van der Waals surface area contributed by atoms with E-state index in [4.69, 9.17) is 4.74 Å². The van der Waals surface area contributed by atoms with Gasteiger partial charge in [-0.1, -0.05) is 30.3 Å². The fraction of sp³-hybridized carbons (Fsp3) is 0.417. The first-order valence-corrected chi connectivity index (χ1v) is 10.9. The lowest BCUT2D eigenvalue weighted by molar-refractivity contribution is -0.143. The summed E-state index contributed by atoms with van der Waals surface area (Å²) in [6.45, 7) is -0.309. The Bertz CT molecular complexity index is 1070. The minimum Gasteiger partial charge on any atom is -0.374 e. The maximum Gasteiger partial charge on any atom is 0.416 e. The third-order valence-corrected chi connectivity index (χ3v) is 6.28. The summed E-state index contributed by atoms with van der Waals surface area (Å²) in [5.74, 6) is -0.523. The normalized spacial score (nSPS) is 23.1. The molecule has 2 saturated heterocycles. The monoisotopic (exact) mass is 500 g/mol. The Kier molecular flexibility index (Phi) is 6.56. The number of likely N-dealkylation sites (tertiary alicyclic amines) is 1. The second-order valence-corrected chi connectivity index (χ2v) is 8.75. The van der Waals surface area contributed by atoms with Gasteiger partial charge in [0.15, 0.2) is 0 Å². The molecule has 2 unspecified atom stereocenters. The van der Waals surface area contributed by atoms with Crippen molar-refractivity contribution in [1.82, 2.24) is 10.2 Å². The van der Waals surface area contributed by atoms with Crippen LogP contribution in [0.5, 0.6) is 0 Å². The highest BCUT2D eigenvalue weighted by Gasteiger charge is 2.49. The van der Waals surface area contributed by atoms with E-state index < -0.39 is 41.7 Å². The zero-order chi connectivity index (χ0) is 25.4. The van der Waals surface area contributed by atoms with Crippen molar-refractivity contribution in [1.29, 1.82) is 0 Å². The summed E-state index contributed by atoms with van der Waals surface area (Å²) in [5.41, 5.74) is -3.59. The Labute approximate surface area is 197 Å². The van der Waals surface area contributed by atoms with Crippen LogP contribution in [0.1, 0.15) is 41.5 Å². The molecule has 2 amide bonds. The number of amides is 2. The largest absolute Gasteiger partial charge is 0.416 e. The van der Waals surface area contributed by atoms with Crippen LogP contribution in [0, 0.1) is 0 Å². The Balaban J connectivity index is 1.57. The lowest BCUT2D eigenvalue weighted by Crippen LogP contribution is -2.43. The van der Waals surface area contributed by atoms with Crippen LogP contribution in [0.15, 0.2) is 48.5 Å². The molecule has 35 heavy (non-hydrogen) atoms. The van der Waals surface area contributed by atoms with Crippen molar-refractivity contribution in [3.8, 4) is 0 Å². The molecule has 2 aromatic carbocycles. The topological polar surface area (TPSA) is 58.6 Å². The van der Waals surface area contributed by atoms with E-state index in [2.05, 4.69) is 5.32 Å². The van der Waals surface area contributed by atoms with Gasteiger partial charge in [-0.15, -0.1) is 0 Å². The molecule has 2 aromatic rings. The van der Waals surface area contributed by atoms with E-state index in [0.717, 1.165) is 0 Å². The molecule has 2 aliphatic rings. The highest BCUT2D eigenvalue weighted by molar-refractivity contribution is 5.91. The van der Waals surface area contributed by atoms with Crippen LogP contribution < -0.4 is 5.32 Å². The first kappa shape index (κ1) is 25.0. The number of hydrogen-bond donors (Lipinski definition) is 1. The molecule has 1 N–H and O–H groups in total. The van der Waals surface area contributed by atoms with Crippen LogP contribution in [0.25, 0.3) is 0 Å². The number of nitrogens with zero attached hydrogens (tertiary/aromatic N) is 1. The number of nitrogens with one attached hydrogen (secondary N) is 1. The lowest BCUT2D eigenvalue weighted by Gasteiger charge is -2.30. The van der Waals surface area contributed by atoms with E-state index in [1.807, 2.05) is 0 Å². The van der Waals surface area contributed by atoms with Gasteiger partial charge in [-0.3, -0.25) is 9.59 Å². The Morgan fingerprint density at radius 2 is 1.60 bits per heavy atom. The molecule has 11 heteroatoms. The summed E-state index contributed by atoms with van der Waals surface area (Å²) in [5, 5.41) is 2.87. The van der Waals surface area contributed by atoms with Gasteiger partial charge in [0.1, 0.15) is 6.04 Å². The number of alkyl halides is 6. The first-order chi connectivity index (χ1) is 16.4. The van der Waals surface area contributed by atoms with Gasteiger partial charge < -0.3 is 15.0 Å². The van der Waals surface area contributed by atoms with Gasteiger partial charge in [0, 0.05) is 19.4 Å². The molecule has 2 heterocycles. The van der Waals surface area contributed by atoms with E-state index in [1.54, 1.807) is 30.3 Å². The predicted octanol–water partition coefficient (Wildman–Crippen LogP) is 4.65. The minimum atomic E-state index is -4.96. The summed E-state index contributed by atoms with van der Waals surface area (Å²) in [7, 11) is 0. The number of hydrogen-bond acceptors (Lipinski definition) is 3. The molecule has 2 atom stereocenters. The van der Waals surface area contributed by atoms with E-state index in [0.29, 0.717) is 37.1 Å². The zero-order valence-corrected chi connectivity index (χ0v) is 18.4. The van der Waals surface area contributed by atoms with Crippen molar-refractivity contribution in [3.05, 3.63) is 70.8 Å². The summed E-state index contributed by atoms with van der Waals surface area (Å²) < 4.78 is 84.6. The first-order valence-electron chi connectivity index (χ1n) is 10.9. The highest BCUT2D eigenvalue weighted by atomic mass is 19.4. The SMILES string of the molecule is O=C1NC(COCc2cc(C(F)(F)F)cc(C(F)(F)F)c2)(c2ccccc2)CC1N1CCCC1=O. The lowest BCUT2D eigenvalue weighted by atomic mass is 9.88. The fourth-order valence-corrected chi connectivity index (χ4v) is 4.61. The van der Waals surface area contributed by atoms with Gasteiger partial charge >= 0.3 is 12.4 Å². The molecule has 0 aromatic heterocycles. The summed E-state index contributed by atoms with van der Waals surface area (Å²) in [4.78, 5) is 26.5. The van der Waals surface area contributed by atoms with Crippen molar-refractivity contribution in [2.24, 2.45) is 0 Å². The maximum absolute atomic E-state index is 13.2. The Hall–Kier alpha value is -3.08. The number of ether oxygens (including phenoxy) is 1. The van der Waals surface area contributed by atoms with Gasteiger partial charge in [-0.05, 0) is 35.7 Å². The van der Waals surface area contributed by atoms with Gasteiger partial charge in [-0.2, -0.15) is 26.3 Å². The number of rotatable bonds is 6. The fourth-order valence-electron chi connectivity index (χ4n) is 4.61. The minimum absolute atomic E-state index is 0.0593. The summed E-state index contributed by atoms with van der Waals surface area (Å²) in [6.07, 6.45) is -8.78. The average molecular weight is 500 g/mol. The van der Waals surface area contributed by atoms with Crippen LogP contribution in [-0.4, -0.2) is 35.9 Å². The van der Waals surface area contributed by atoms with E-state index >= 15 is 0 Å². The molecular formula is C24H22F6N2O3. The molecule has 188 valence electrons. The standard InChI is InChI=1S/C24H22F6N2O3/c25-23(26,27)17-9-15(10-18(11-17)24(28,29)30)13-35-14-22(16-5-2-1-3-6-16)12-19(21(34)31-22)32-8-4-7-20(32)33/h1-3,5-6,9-11,19H,4,7-8,12-14H2,(H,31,34). The van der Waals surface area contributed by atoms with Crippen molar-refractivity contribution in [3.63, 3.8) is 0 Å². The number of carbonyl (C=O) groups excluding carboxylic acids is 2. The van der Waals surface area contributed by atoms with E-state index in [9.17, 15) is 35.9 Å². The van der Waals surface area contributed by atoms with E-state index in [1.165, 1.54) is 4.90 Å². The van der Waals surface area contributed by atoms with Crippen molar-refractivity contribution >= 4 is 11.8 Å². The summed E-state index contributed by atoms with van der Waals surface area (Å²) >= 11 is 0. The molecule has 0 aliphatic carbocycles. The third-order valence-electron chi connectivity index (χ3n) is 6.28. The molecule has 0 radical (unpaired) electrons. The van der Waals surface area contributed by atoms with Gasteiger partial charge in [0.25, 0.3) is 0 Å². The van der Waals surface area contributed by atoms with Crippen molar-refractivity contribution < 1.29 is 40.7 Å². The molecule has 4 rings (SSSR count). The zero-order valence-electron chi connectivity index (χ0n) is 18.4. The van der Waals surface area contributed by atoms with Crippen molar-refractivity contribution in [2.75, 3.05) is 13.2 Å². The predicted molar refractivity (Wildman–Crippen MR) is 112 cm³/mol. The number of halogens is 6. The highest BCUT2D eigenvalue weighted by Crippen LogP contribution is 2.38. The van der Waals surface area contributed by atoms with Crippen LogP contribution >= 0.6 is 0 Å². The van der Waals surface area contributed by atoms with E-state index in [-0.39, 0.29) is 36.5 Å². The van der Waals surface area contributed by atoms with Crippen LogP contribution in [-0.2, 0) is 38.8 Å². The smallest absolute Gasteiger partial charge is 0.374 e. The van der Waals surface area contributed by atoms with Crippen LogP contribution in [0.4, 0.5) is 26.3 Å². The van der Waals surface area contributed by atoms with Gasteiger partial charge in [0.2, 0.25) is 11.8 Å². The quantitative estimate of drug-likeness (QED) is 0.588. The summed E-state index contributed by atoms with van der Waals surface area (Å²) in [6, 6.07) is 9.26. The molecular weight excluding hydrogens is 478 g/mol. The van der Waals surface area contributed by atoms with Gasteiger partial charge in [0.05, 0.1) is 29.9 Å². The third kappa shape index (κ3) is 5.29. The van der Waals surface area contributed by atoms with Gasteiger partial charge in [-0.25, -0.2) is 0 Å². The van der Waals surface area contributed by atoms with Crippen LogP contribution in [0.2, 0.25) is 0 Å². The number of benzene rings is 2. The molecule has 2 aliphatic heterocycles. The molecule has 0 bridgehead atoms. The Morgan fingerprint density at radius 3 is 2.14 bits per heavy atom. The van der Waals surface area contributed by atoms with Crippen molar-refractivity contribution in [2.45, 2.75) is 49.8 Å². The molecule has 2 fully saturated rings.